The maximum Gasteiger partial charge on any atom is 0.406 e. The lowest BCUT2D eigenvalue weighted by Crippen LogP contribution is -2.42. The highest BCUT2D eigenvalue weighted by Gasteiger charge is 2.33. The molecule has 1 heterocycles. The first-order chi connectivity index (χ1) is 8.42. The molecule has 7 heteroatoms. The Morgan fingerprint density at radius 2 is 2.11 bits per heavy atom. The van der Waals surface area contributed by atoms with Crippen LogP contribution in [0.2, 0.25) is 0 Å². The molecule has 4 nitrogen and oxygen atoms in total. The Kier molecular flexibility index (Phi) is 5.87. The molecule has 1 rings (SSSR count). The standard InChI is InChI=1S/C11H18F3NO3/c12-11(13,14)8-15(4-5-16)10(17)7-9-3-1-2-6-18-9/h9,16H,1-8H2. The number of aliphatic hydroxyl groups excluding tert-OH is 1. The van der Waals surface area contributed by atoms with Crippen molar-refractivity contribution in [1.82, 2.24) is 4.90 Å². The van der Waals surface area contributed by atoms with E-state index in [2.05, 4.69) is 0 Å². The average Bonchev–Trinajstić information content (AvgIpc) is 2.28. The molecule has 0 bridgehead atoms. The number of amides is 1. The molecule has 1 saturated heterocycles. The summed E-state index contributed by atoms with van der Waals surface area (Å²) in [5, 5.41) is 8.70. The summed E-state index contributed by atoms with van der Waals surface area (Å²) in [5.74, 6) is -0.617. The fourth-order valence-corrected chi connectivity index (χ4v) is 1.92. The summed E-state index contributed by atoms with van der Waals surface area (Å²) in [4.78, 5) is 12.4. The van der Waals surface area contributed by atoms with Gasteiger partial charge in [0, 0.05) is 13.2 Å². The molecule has 1 amide bonds. The van der Waals surface area contributed by atoms with E-state index < -0.39 is 25.2 Å². The molecule has 1 fully saturated rings. The SMILES string of the molecule is O=C(CC1CCCCO1)N(CCO)CC(F)(F)F. The highest BCUT2D eigenvalue weighted by Crippen LogP contribution is 2.20. The van der Waals surface area contributed by atoms with Crippen LogP contribution in [0.3, 0.4) is 0 Å². The largest absolute Gasteiger partial charge is 0.406 e. The highest BCUT2D eigenvalue weighted by molar-refractivity contribution is 5.76. The Labute approximate surface area is 104 Å². The van der Waals surface area contributed by atoms with Gasteiger partial charge in [0.25, 0.3) is 0 Å². The molecule has 0 saturated carbocycles. The van der Waals surface area contributed by atoms with Crippen molar-refractivity contribution in [3.05, 3.63) is 0 Å². The van der Waals surface area contributed by atoms with E-state index in [-0.39, 0.29) is 19.1 Å². The van der Waals surface area contributed by atoms with Crippen molar-refractivity contribution < 1.29 is 27.8 Å². The lowest BCUT2D eigenvalue weighted by molar-refractivity contribution is -0.164. The van der Waals surface area contributed by atoms with E-state index in [4.69, 9.17) is 9.84 Å². The molecule has 0 aliphatic carbocycles. The molecule has 0 aromatic heterocycles. The number of ether oxygens (including phenoxy) is 1. The maximum atomic E-state index is 12.3. The summed E-state index contributed by atoms with van der Waals surface area (Å²) in [6.07, 6.45) is -2.23. The van der Waals surface area contributed by atoms with E-state index in [0.717, 1.165) is 12.8 Å². The summed E-state index contributed by atoms with van der Waals surface area (Å²) < 4.78 is 42.1. The fraction of sp³-hybridized carbons (Fsp3) is 0.909. The van der Waals surface area contributed by atoms with Crippen LogP contribution >= 0.6 is 0 Å². The molecule has 1 unspecified atom stereocenters. The lowest BCUT2D eigenvalue weighted by Gasteiger charge is -2.27. The van der Waals surface area contributed by atoms with Gasteiger partial charge in [-0.25, -0.2) is 0 Å². The van der Waals surface area contributed by atoms with Gasteiger partial charge in [-0.3, -0.25) is 4.79 Å². The number of nitrogens with zero attached hydrogens (tertiary/aromatic N) is 1. The summed E-state index contributed by atoms with van der Waals surface area (Å²) in [7, 11) is 0. The van der Waals surface area contributed by atoms with Crippen LogP contribution in [0.5, 0.6) is 0 Å². The molecule has 1 aliphatic rings. The second-order valence-corrected chi connectivity index (χ2v) is 4.35. The Bertz CT molecular complexity index is 265. The Morgan fingerprint density at radius 1 is 1.39 bits per heavy atom. The smallest absolute Gasteiger partial charge is 0.395 e. The number of carbonyl (C=O) groups excluding carboxylic acids is 1. The number of carbonyl (C=O) groups is 1. The summed E-state index contributed by atoms with van der Waals surface area (Å²) >= 11 is 0. The van der Waals surface area contributed by atoms with E-state index in [0.29, 0.717) is 17.9 Å². The fourth-order valence-electron chi connectivity index (χ4n) is 1.92. The zero-order valence-corrected chi connectivity index (χ0v) is 10.1. The van der Waals surface area contributed by atoms with Crippen LogP contribution < -0.4 is 0 Å². The highest BCUT2D eigenvalue weighted by atomic mass is 19.4. The summed E-state index contributed by atoms with van der Waals surface area (Å²) in [6, 6.07) is 0. The van der Waals surface area contributed by atoms with Crippen LogP contribution in [0.4, 0.5) is 13.2 Å². The van der Waals surface area contributed by atoms with Crippen LogP contribution in [0.15, 0.2) is 0 Å². The van der Waals surface area contributed by atoms with Gasteiger partial charge in [-0.2, -0.15) is 13.2 Å². The van der Waals surface area contributed by atoms with E-state index in [1.807, 2.05) is 0 Å². The molecule has 0 spiro atoms. The van der Waals surface area contributed by atoms with Crippen molar-refractivity contribution in [3.63, 3.8) is 0 Å². The third kappa shape index (κ3) is 5.68. The second kappa shape index (κ2) is 6.94. The van der Waals surface area contributed by atoms with Gasteiger partial charge in [-0.15, -0.1) is 0 Å². The minimum atomic E-state index is -4.45. The molecule has 18 heavy (non-hydrogen) atoms. The van der Waals surface area contributed by atoms with Gasteiger partial charge in [-0.05, 0) is 19.3 Å². The van der Waals surface area contributed by atoms with Crippen LogP contribution in [0.1, 0.15) is 25.7 Å². The second-order valence-electron chi connectivity index (χ2n) is 4.35. The number of rotatable bonds is 5. The molecule has 1 N–H and O–H groups in total. The number of aliphatic hydroxyl groups is 1. The van der Waals surface area contributed by atoms with Crippen molar-refractivity contribution in [2.24, 2.45) is 0 Å². The van der Waals surface area contributed by atoms with Crippen LogP contribution in [0.25, 0.3) is 0 Å². The van der Waals surface area contributed by atoms with Crippen LogP contribution in [-0.4, -0.2) is 54.5 Å². The Morgan fingerprint density at radius 3 is 2.61 bits per heavy atom. The molecule has 106 valence electrons. The number of hydrogen-bond donors (Lipinski definition) is 1. The predicted octanol–water partition coefficient (Wildman–Crippen LogP) is 1.33. The lowest BCUT2D eigenvalue weighted by atomic mass is 10.1. The minimum absolute atomic E-state index is 0.0456. The molecular formula is C11H18F3NO3. The Balaban J connectivity index is 2.47. The van der Waals surface area contributed by atoms with Gasteiger partial charge in [-0.1, -0.05) is 0 Å². The first-order valence-electron chi connectivity index (χ1n) is 5.99. The van der Waals surface area contributed by atoms with Gasteiger partial charge in [0.05, 0.1) is 19.1 Å². The normalized spacial score (nSPS) is 20.8. The minimum Gasteiger partial charge on any atom is -0.395 e. The molecule has 0 radical (unpaired) electrons. The molecule has 0 aromatic rings. The van der Waals surface area contributed by atoms with E-state index >= 15 is 0 Å². The van der Waals surface area contributed by atoms with Gasteiger partial charge >= 0.3 is 6.18 Å². The number of halogens is 3. The predicted molar refractivity (Wildman–Crippen MR) is 57.9 cm³/mol. The van der Waals surface area contributed by atoms with Gasteiger partial charge in [0.2, 0.25) is 5.91 Å². The first kappa shape index (κ1) is 15.2. The monoisotopic (exact) mass is 269 g/mol. The van der Waals surface area contributed by atoms with Crippen molar-refractivity contribution in [1.29, 1.82) is 0 Å². The first-order valence-corrected chi connectivity index (χ1v) is 5.99. The Hall–Kier alpha value is -0.820. The summed E-state index contributed by atoms with van der Waals surface area (Å²) in [5.41, 5.74) is 0. The number of hydrogen-bond acceptors (Lipinski definition) is 3. The maximum absolute atomic E-state index is 12.3. The molecule has 1 atom stereocenters. The third-order valence-corrected chi connectivity index (χ3v) is 2.77. The van der Waals surface area contributed by atoms with E-state index in [1.54, 1.807) is 0 Å². The number of alkyl halides is 3. The third-order valence-electron chi connectivity index (χ3n) is 2.77. The topological polar surface area (TPSA) is 49.8 Å². The zero-order valence-electron chi connectivity index (χ0n) is 10.1. The zero-order chi connectivity index (χ0) is 13.6. The van der Waals surface area contributed by atoms with Crippen molar-refractivity contribution in [2.75, 3.05) is 26.3 Å². The van der Waals surface area contributed by atoms with E-state index in [9.17, 15) is 18.0 Å². The molecular weight excluding hydrogens is 251 g/mol. The van der Waals surface area contributed by atoms with Crippen molar-refractivity contribution >= 4 is 5.91 Å². The molecule has 1 aliphatic heterocycles. The molecule has 0 aromatic carbocycles. The van der Waals surface area contributed by atoms with Crippen LogP contribution in [0, 0.1) is 0 Å². The van der Waals surface area contributed by atoms with Gasteiger partial charge in [0.15, 0.2) is 0 Å². The quantitative estimate of drug-likeness (QED) is 0.819. The average molecular weight is 269 g/mol. The van der Waals surface area contributed by atoms with Gasteiger partial charge in [0.1, 0.15) is 6.54 Å². The van der Waals surface area contributed by atoms with Crippen molar-refractivity contribution in [2.45, 2.75) is 38.0 Å². The van der Waals surface area contributed by atoms with Crippen LogP contribution in [-0.2, 0) is 9.53 Å². The van der Waals surface area contributed by atoms with E-state index in [1.165, 1.54) is 0 Å². The van der Waals surface area contributed by atoms with Crippen molar-refractivity contribution in [3.8, 4) is 0 Å². The summed E-state index contributed by atoms with van der Waals surface area (Å²) in [6.45, 7) is -1.55. The van der Waals surface area contributed by atoms with Gasteiger partial charge < -0.3 is 14.7 Å².